The molecule has 0 radical (unpaired) electrons. The van der Waals surface area contributed by atoms with Crippen LogP contribution in [0.5, 0.6) is 0 Å². The number of aromatic nitrogens is 3. The maximum Gasteiger partial charge on any atom is 0.410 e. The third-order valence-corrected chi connectivity index (χ3v) is 8.45. The van der Waals surface area contributed by atoms with Gasteiger partial charge in [0.15, 0.2) is 0 Å². The lowest BCUT2D eigenvalue weighted by molar-refractivity contribution is 0.00926. The summed E-state index contributed by atoms with van der Waals surface area (Å²) in [6, 6.07) is 17.8. The van der Waals surface area contributed by atoms with Gasteiger partial charge in [-0.25, -0.2) is 14.8 Å². The van der Waals surface area contributed by atoms with Crippen molar-refractivity contribution in [2.75, 3.05) is 36.8 Å². The van der Waals surface area contributed by atoms with E-state index in [0.29, 0.717) is 30.3 Å². The van der Waals surface area contributed by atoms with Gasteiger partial charge in [-0.2, -0.15) is 0 Å². The minimum absolute atomic E-state index is 0.152. The minimum Gasteiger partial charge on any atom is -0.444 e. The van der Waals surface area contributed by atoms with Crippen molar-refractivity contribution in [3.63, 3.8) is 0 Å². The number of amides is 2. The van der Waals surface area contributed by atoms with Crippen LogP contribution in [0.25, 0.3) is 11.3 Å². The van der Waals surface area contributed by atoms with Crippen LogP contribution in [0.1, 0.15) is 66.7 Å². The number of benzene rings is 2. The zero-order valence-corrected chi connectivity index (χ0v) is 26.9. The number of hydrogen-bond acceptors (Lipinski definition) is 8. The van der Waals surface area contributed by atoms with Crippen molar-refractivity contribution in [3.05, 3.63) is 95.4 Å². The van der Waals surface area contributed by atoms with E-state index in [1.165, 1.54) is 11.1 Å². The summed E-state index contributed by atoms with van der Waals surface area (Å²) in [6.45, 7) is 10.6. The standard InChI is InChI=1S/C36H41N7O3/c1-24-10-12-28(22-31(24)41-34-38-16-14-30(40-34)27-8-6-15-37-23-27)39-33(44)26-11-13-29-25(21-26)7-5-9-32(29)42-17-19-43(20-18-42)35(45)46-36(2,3)4/h6,8,10-16,21-23,32H,5,7,9,17-20H2,1-4H3,(H,39,44)(H,38,40,41). The van der Waals surface area contributed by atoms with Crippen molar-refractivity contribution in [2.45, 2.75) is 58.6 Å². The van der Waals surface area contributed by atoms with Crippen molar-refractivity contribution in [1.29, 1.82) is 0 Å². The van der Waals surface area contributed by atoms with Gasteiger partial charge >= 0.3 is 6.09 Å². The molecule has 0 spiro atoms. The maximum atomic E-state index is 13.4. The molecular weight excluding hydrogens is 578 g/mol. The fourth-order valence-electron chi connectivity index (χ4n) is 6.10. The van der Waals surface area contributed by atoms with Crippen molar-refractivity contribution < 1.29 is 14.3 Å². The van der Waals surface area contributed by atoms with E-state index in [1.807, 2.05) is 76.2 Å². The van der Waals surface area contributed by atoms with Crippen LogP contribution in [0, 0.1) is 6.92 Å². The van der Waals surface area contributed by atoms with Crippen LogP contribution in [0.3, 0.4) is 0 Å². The molecule has 1 aliphatic heterocycles. The number of pyridine rings is 1. The van der Waals surface area contributed by atoms with Gasteiger partial charge in [0.05, 0.1) is 5.69 Å². The Kier molecular flexibility index (Phi) is 8.99. The second kappa shape index (κ2) is 13.3. The smallest absolute Gasteiger partial charge is 0.410 e. The fraction of sp³-hybridized carbons (Fsp3) is 0.361. The Morgan fingerprint density at radius 3 is 2.57 bits per heavy atom. The molecule has 1 fully saturated rings. The third-order valence-electron chi connectivity index (χ3n) is 8.45. The molecule has 10 nitrogen and oxygen atoms in total. The van der Waals surface area contributed by atoms with Gasteiger partial charge in [-0.05, 0) is 106 Å². The van der Waals surface area contributed by atoms with Crippen LogP contribution < -0.4 is 10.6 Å². The Morgan fingerprint density at radius 1 is 0.978 bits per heavy atom. The Bertz CT molecular complexity index is 1710. The topological polar surface area (TPSA) is 113 Å². The van der Waals surface area contributed by atoms with E-state index in [9.17, 15) is 9.59 Å². The van der Waals surface area contributed by atoms with E-state index in [2.05, 4.69) is 36.6 Å². The second-order valence-electron chi connectivity index (χ2n) is 12.9. The monoisotopic (exact) mass is 619 g/mol. The van der Waals surface area contributed by atoms with E-state index in [4.69, 9.17) is 4.74 Å². The summed E-state index contributed by atoms with van der Waals surface area (Å²) in [5.41, 5.74) is 6.80. The average Bonchev–Trinajstić information content (AvgIpc) is 3.05. The van der Waals surface area contributed by atoms with Crippen molar-refractivity contribution >= 4 is 29.3 Å². The quantitative estimate of drug-likeness (QED) is 0.243. The van der Waals surface area contributed by atoms with Gasteiger partial charge in [-0.3, -0.25) is 14.7 Å². The lowest BCUT2D eigenvalue weighted by Crippen LogP contribution is -2.51. The Morgan fingerprint density at radius 2 is 1.80 bits per heavy atom. The first-order chi connectivity index (χ1) is 22.1. The first-order valence-corrected chi connectivity index (χ1v) is 15.9. The highest BCUT2D eigenvalue weighted by molar-refractivity contribution is 6.04. The molecular formula is C36H41N7O3. The molecule has 2 N–H and O–H groups in total. The highest BCUT2D eigenvalue weighted by Crippen LogP contribution is 2.36. The van der Waals surface area contributed by atoms with Gasteiger partial charge < -0.3 is 20.3 Å². The first-order valence-electron chi connectivity index (χ1n) is 15.9. The molecule has 6 rings (SSSR count). The summed E-state index contributed by atoms with van der Waals surface area (Å²) in [5, 5.41) is 6.38. The molecule has 2 amide bonds. The summed E-state index contributed by atoms with van der Waals surface area (Å²) in [6.07, 6.45) is 8.04. The van der Waals surface area contributed by atoms with Gasteiger partial charge in [0, 0.05) is 73.3 Å². The molecule has 1 aliphatic carbocycles. The Balaban J connectivity index is 1.11. The summed E-state index contributed by atoms with van der Waals surface area (Å²) in [4.78, 5) is 43.4. The SMILES string of the molecule is Cc1ccc(NC(=O)c2ccc3c(c2)CCCC3N2CCN(C(=O)OC(C)(C)C)CC2)cc1Nc1nccc(-c2cccnc2)n1. The van der Waals surface area contributed by atoms with E-state index in [0.717, 1.165) is 54.9 Å². The van der Waals surface area contributed by atoms with Crippen LogP contribution in [0.15, 0.2) is 73.2 Å². The fourth-order valence-corrected chi connectivity index (χ4v) is 6.10. The zero-order valence-electron chi connectivity index (χ0n) is 26.9. The molecule has 0 bridgehead atoms. The molecule has 2 aromatic carbocycles. The molecule has 1 saturated heterocycles. The number of nitrogens with one attached hydrogen (secondary N) is 2. The van der Waals surface area contributed by atoms with Crippen molar-refractivity contribution in [2.24, 2.45) is 0 Å². The molecule has 1 atom stereocenters. The lowest BCUT2D eigenvalue weighted by atomic mass is 9.85. The predicted molar refractivity (Wildman–Crippen MR) is 179 cm³/mol. The number of fused-ring (bicyclic) bond motifs is 1. The number of piperazine rings is 1. The van der Waals surface area contributed by atoms with Crippen LogP contribution >= 0.6 is 0 Å². The molecule has 0 saturated carbocycles. The van der Waals surface area contributed by atoms with E-state index < -0.39 is 5.60 Å². The molecule has 46 heavy (non-hydrogen) atoms. The van der Waals surface area contributed by atoms with Crippen LogP contribution in [-0.2, 0) is 11.2 Å². The molecule has 10 heteroatoms. The average molecular weight is 620 g/mol. The predicted octanol–water partition coefficient (Wildman–Crippen LogP) is 6.77. The number of carbonyl (C=O) groups excluding carboxylic acids is 2. The molecule has 2 aliphatic rings. The van der Waals surface area contributed by atoms with Gasteiger partial charge in [0.25, 0.3) is 5.91 Å². The zero-order chi connectivity index (χ0) is 32.3. The number of ether oxygens (including phenoxy) is 1. The number of carbonyl (C=O) groups is 2. The summed E-state index contributed by atoms with van der Waals surface area (Å²) in [5.74, 6) is 0.309. The number of aryl methyl sites for hydroxylation is 2. The number of hydrogen-bond donors (Lipinski definition) is 2. The Labute approximate surface area is 270 Å². The summed E-state index contributed by atoms with van der Waals surface area (Å²) < 4.78 is 5.57. The number of anilines is 3. The highest BCUT2D eigenvalue weighted by atomic mass is 16.6. The van der Waals surface area contributed by atoms with E-state index >= 15 is 0 Å². The molecule has 2 aromatic heterocycles. The van der Waals surface area contributed by atoms with E-state index in [1.54, 1.807) is 23.5 Å². The number of rotatable bonds is 6. The minimum atomic E-state index is -0.498. The lowest BCUT2D eigenvalue weighted by Gasteiger charge is -2.41. The van der Waals surface area contributed by atoms with Gasteiger partial charge in [-0.15, -0.1) is 0 Å². The van der Waals surface area contributed by atoms with Gasteiger partial charge in [0.1, 0.15) is 5.60 Å². The largest absolute Gasteiger partial charge is 0.444 e. The van der Waals surface area contributed by atoms with Crippen molar-refractivity contribution in [1.82, 2.24) is 24.8 Å². The van der Waals surface area contributed by atoms with Crippen molar-refractivity contribution in [3.8, 4) is 11.3 Å². The normalized spacial score (nSPS) is 16.8. The molecule has 4 aromatic rings. The highest BCUT2D eigenvalue weighted by Gasteiger charge is 2.32. The summed E-state index contributed by atoms with van der Waals surface area (Å²) in [7, 11) is 0. The van der Waals surface area contributed by atoms with Crippen LogP contribution in [0.2, 0.25) is 0 Å². The summed E-state index contributed by atoms with van der Waals surface area (Å²) >= 11 is 0. The molecule has 3 heterocycles. The number of nitrogens with zero attached hydrogens (tertiary/aromatic N) is 5. The maximum absolute atomic E-state index is 13.4. The first kappa shape index (κ1) is 31.2. The van der Waals surface area contributed by atoms with Gasteiger partial charge in [0.2, 0.25) is 5.95 Å². The van der Waals surface area contributed by atoms with Crippen LogP contribution in [-0.4, -0.2) is 68.5 Å². The van der Waals surface area contributed by atoms with E-state index in [-0.39, 0.29) is 18.0 Å². The third kappa shape index (κ3) is 7.34. The van der Waals surface area contributed by atoms with Crippen LogP contribution in [0.4, 0.5) is 22.1 Å². The Hall–Kier alpha value is -4.83. The van der Waals surface area contributed by atoms with Gasteiger partial charge in [-0.1, -0.05) is 12.1 Å². The molecule has 238 valence electrons. The second-order valence-corrected chi connectivity index (χ2v) is 12.9. The molecule has 1 unspecified atom stereocenters.